The standard InChI is InChI=1S/C13H18N4S/c1-9-15-16-13(17(9)2)8-14-11-4-3-5-12-10(11)6-7-18-12/h6-7,11,14H,3-5,8H2,1-2H3. The van der Waals surface area contributed by atoms with E-state index in [4.69, 9.17) is 0 Å². The van der Waals surface area contributed by atoms with Crippen LogP contribution in [0.4, 0.5) is 0 Å². The molecule has 0 aliphatic heterocycles. The lowest BCUT2D eigenvalue weighted by Gasteiger charge is -2.23. The molecule has 3 rings (SSSR count). The van der Waals surface area contributed by atoms with Crippen molar-refractivity contribution in [1.82, 2.24) is 20.1 Å². The van der Waals surface area contributed by atoms with E-state index in [1.54, 1.807) is 4.88 Å². The Hall–Kier alpha value is -1.20. The van der Waals surface area contributed by atoms with Crippen LogP contribution in [0.1, 0.15) is 41.0 Å². The first kappa shape index (κ1) is 11.9. The van der Waals surface area contributed by atoms with Gasteiger partial charge in [-0.25, -0.2) is 0 Å². The van der Waals surface area contributed by atoms with Crippen LogP contribution in [0, 0.1) is 6.92 Å². The summed E-state index contributed by atoms with van der Waals surface area (Å²) in [6.45, 7) is 2.77. The maximum atomic E-state index is 4.20. The molecular weight excluding hydrogens is 244 g/mol. The van der Waals surface area contributed by atoms with Crippen LogP contribution in [0.2, 0.25) is 0 Å². The number of aromatic nitrogens is 3. The first-order valence-corrected chi connectivity index (χ1v) is 7.28. The van der Waals surface area contributed by atoms with Crippen molar-refractivity contribution in [3.8, 4) is 0 Å². The number of fused-ring (bicyclic) bond motifs is 1. The molecule has 18 heavy (non-hydrogen) atoms. The van der Waals surface area contributed by atoms with Gasteiger partial charge in [-0.2, -0.15) is 0 Å². The first-order valence-electron chi connectivity index (χ1n) is 6.40. The molecule has 0 amide bonds. The maximum Gasteiger partial charge on any atom is 0.146 e. The quantitative estimate of drug-likeness (QED) is 0.923. The van der Waals surface area contributed by atoms with Crippen LogP contribution in [0.15, 0.2) is 11.4 Å². The summed E-state index contributed by atoms with van der Waals surface area (Å²) in [5.74, 6) is 1.97. The summed E-state index contributed by atoms with van der Waals surface area (Å²) in [7, 11) is 2.02. The van der Waals surface area contributed by atoms with Crippen molar-refractivity contribution in [1.29, 1.82) is 0 Å². The first-order chi connectivity index (χ1) is 8.75. The topological polar surface area (TPSA) is 42.7 Å². The van der Waals surface area contributed by atoms with E-state index in [2.05, 4.69) is 27.0 Å². The van der Waals surface area contributed by atoms with Crippen molar-refractivity contribution < 1.29 is 0 Å². The Labute approximate surface area is 111 Å². The molecule has 1 atom stereocenters. The number of aryl methyl sites for hydroxylation is 2. The summed E-state index contributed by atoms with van der Waals surface area (Å²) in [6, 6.07) is 2.75. The fourth-order valence-corrected chi connectivity index (χ4v) is 3.51. The van der Waals surface area contributed by atoms with Gasteiger partial charge in [-0.05, 0) is 43.2 Å². The Morgan fingerprint density at radius 3 is 3.17 bits per heavy atom. The molecule has 0 spiro atoms. The molecule has 1 N–H and O–H groups in total. The van der Waals surface area contributed by atoms with Gasteiger partial charge in [0.2, 0.25) is 0 Å². The fourth-order valence-electron chi connectivity index (χ4n) is 2.52. The largest absolute Gasteiger partial charge is 0.317 e. The molecule has 0 bridgehead atoms. The minimum atomic E-state index is 0.483. The second kappa shape index (κ2) is 4.82. The van der Waals surface area contributed by atoms with Crippen molar-refractivity contribution in [2.75, 3.05) is 0 Å². The van der Waals surface area contributed by atoms with Crippen molar-refractivity contribution in [2.24, 2.45) is 7.05 Å². The predicted octanol–water partition coefficient (Wildman–Crippen LogP) is 2.35. The van der Waals surface area contributed by atoms with Gasteiger partial charge in [0.05, 0.1) is 6.54 Å². The molecule has 96 valence electrons. The zero-order valence-corrected chi connectivity index (χ0v) is 11.6. The molecule has 0 saturated heterocycles. The molecule has 4 nitrogen and oxygen atoms in total. The highest BCUT2D eigenvalue weighted by atomic mass is 32.1. The molecule has 0 radical (unpaired) electrons. The van der Waals surface area contributed by atoms with Crippen LogP contribution >= 0.6 is 11.3 Å². The van der Waals surface area contributed by atoms with Crippen molar-refractivity contribution in [3.63, 3.8) is 0 Å². The number of hydrogen-bond donors (Lipinski definition) is 1. The molecule has 1 unspecified atom stereocenters. The third kappa shape index (κ3) is 2.08. The summed E-state index contributed by atoms with van der Waals surface area (Å²) < 4.78 is 2.05. The van der Waals surface area contributed by atoms with Crippen LogP contribution in [-0.4, -0.2) is 14.8 Å². The monoisotopic (exact) mass is 262 g/mol. The van der Waals surface area contributed by atoms with E-state index in [-0.39, 0.29) is 0 Å². The van der Waals surface area contributed by atoms with Crippen LogP contribution in [0.25, 0.3) is 0 Å². The van der Waals surface area contributed by atoms with Crippen LogP contribution in [-0.2, 0) is 20.0 Å². The van der Waals surface area contributed by atoms with E-state index in [1.165, 1.54) is 24.8 Å². The normalized spacial score (nSPS) is 18.9. The minimum absolute atomic E-state index is 0.483. The van der Waals surface area contributed by atoms with E-state index in [0.717, 1.165) is 18.2 Å². The molecule has 1 aliphatic carbocycles. The van der Waals surface area contributed by atoms with Gasteiger partial charge in [-0.15, -0.1) is 21.5 Å². The number of nitrogens with one attached hydrogen (secondary N) is 1. The van der Waals surface area contributed by atoms with Gasteiger partial charge in [0.25, 0.3) is 0 Å². The smallest absolute Gasteiger partial charge is 0.146 e. The molecule has 0 saturated carbocycles. The molecule has 2 aromatic heterocycles. The molecule has 5 heteroatoms. The highest BCUT2D eigenvalue weighted by Crippen LogP contribution is 2.33. The third-order valence-corrected chi connectivity index (χ3v) is 4.74. The zero-order chi connectivity index (χ0) is 12.5. The Bertz CT molecular complexity index is 543. The zero-order valence-electron chi connectivity index (χ0n) is 10.8. The molecule has 0 aromatic carbocycles. The van der Waals surface area contributed by atoms with Gasteiger partial charge in [0, 0.05) is 18.0 Å². The van der Waals surface area contributed by atoms with Gasteiger partial charge < -0.3 is 9.88 Å². The fraction of sp³-hybridized carbons (Fsp3) is 0.538. The van der Waals surface area contributed by atoms with E-state index >= 15 is 0 Å². The molecule has 0 fully saturated rings. The Morgan fingerprint density at radius 2 is 2.39 bits per heavy atom. The van der Waals surface area contributed by atoms with E-state index in [0.29, 0.717) is 6.04 Å². The summed E-state index contributed by atoms with van der Waals surface area (Å²) in [5.41, 5.74) is 1.49. The van der Waals surface area contributed by atoms with E-state index < -0.39 is 0 Å². The Kier molecular flexibility index (Phi) is 3.18. The van der Waals surface area contributed by atoms with Crippen molar-refractivity contribution in [3.05, 3.63) is 33.5 Å². The second-order valence-electron chi connectivity index (χ2n) is 4.85. The predicted molar refractivity (Wildman–Crippen MR) is 72.6 cm³/mol. The van der Waals surface area contributed by atoms with Gasteiger partial charge in [0.1, 0.15) is 11.6 Å². The van der Waals surface area contributed by atoms with Gasteiger partial charge in [0.15, 0.2) is 0 Å². The lowest BCUT2D eigenvalue weighted by Crippen LogP contribution is -2.25. The second-order valence-corrected chi connectivity index (χ2v) is 5.85. The average Bonchev–Trinajstić information content (AvgIpc) is 2.97. The van der Waals surface area contributed by atoms with Crippen LogP contribution in [0.3, 0.4) is 0 Å². The van der Waals surface area contributed by atoms with Gasteiger partial charge >= 0.3 is 0 Å². The lowest BCUT2D eigenvalue weighted by molar-refractivity contribution is 0.452. The number of nitrogens with zero attached hydrogens (tertiary/aromatic N) is 3. The summed E-state index contributed by atoms with van der Waals surface area (Å²) in [5, 5.41) is 14.1. The lowest BCUT2D eigenvalue weighted by atomic mass is 9.94. The minimum Gasteiger partial charge on any atom is -0.317 e. The van der Waals surface area contributed by atoms with Gasteiger partial charge in [-0.3, -0.25) is 0 Å². The van der Waals surface area contributed by atoms with E-state index in [9.17, 15) is 0 Å². The summed E-state index contributed by atoms with van der Waals surface area (Å²) in [4.78, 5) is 1.55. The maximum absolute atomic E-state index is 4.20. The SMILES string of the molecule is Cc1nnc(CNC2CCCc3sccc32)n1C. The van der Waals surface area contributed by atoms with Crippen LogP contribution in [0.5, 0.6) is 0 Å². The molecule has 2 heterocycles. The highest BCUT2D eigenvalue weighted by molar-refractivity contribution is 7.10. The average molecular weight is 262 g/mol. The Balaban J connectivity index is 1.70. The van der Waals surface area contributed by atoms with Crippen molar-refractivity contribution >= 4 is 11.3 Å². The van der Waals surface area contributed by atoms with Crippen molar-refractivity contribution in [2.45, 2.75) is 38.8 Å². The molecule has 2 aromatic rings. The molecule has 1 aliphatic rings. The third-order valence-electron chi connectivity index (χ3n) is 3.74. The summed E-state index contributed by atoms with van der Waals surface area (Å²) >= 11 is 1.88. The Morgan fingerprint density at radius 1 is 1.50 bits per heavy atom. The number of rotatable bonds is 3. The number of hydrogen-bond acceptors (Lipinski definition) is 4. The van der Waals surface area contributed by atoms with Gasteiger partial charge in [-0.1, -0.05) is 0 Å². The summed E-state index contributed by atoms with van der Waals surface area (Å²) in [6.07, 6.45) is 3.75. The number of thiophene rings is 1. The molecular formula is C13H18N4S. The highest BCUT2D eigenvalue weighted by Gasteiger charge is 2.21. The van der Waals surface area contributed by atoms with Crippen LogP contribution < -0.4 is 5.32 Å². The van der Waals surface area contributed by atoms with E-state index in [1.807, 2.05) is 29.9 Å².